The smallest absolute Gasteiger partial charge is 0.309 e. The quantitative estimate of drug-likeness (QED) is 0.466. The maximum absolute atomic E-state index is 11.3. The van der Waals surface area contributed by atoms with Crippen molar-refractivity contribution in [2.24, 2.45) is 5.92 Å². The van der Waals surface area contributed by atoms with E-state index in [9.17, 15) is 4.79 Å². The van der Waals surface area contributed by atoms with E-state index < -0.39 is 0 Å². The van der Waals surface area contributed by atoms with Gasteiger partial charge in [-0.2, -0.15) is 0 Å². The average molecular weight is 187 g/mol. The molecule has 0 N–H and O–H groups in total. The summed E-state index contributed by atoms with van der Waals surface area (Å²) >= 11 is 0. The molecule has 0 aromatic heterocycles. The van der Waals surface area contributed by atoms with E-state index in [2.05, 4.69) is 6.92 Å². The highest BCUT2D eigenvalue weighted by Crippen LogP contribution is 2.01. The molecule has 0 spiro atoms. The van der Waals surface area contributed by atoms with Crippen molar-refractivity contribution in [3.63, 3.8) is 0 Å². The summed E-state index contributed by atoms with van der Waals surface area (Å²) in [5.74, 6) is -0.103. The fourth-order valence-corrected chi connectivity index (χ4v) is 1.08. The van der Waals surface area contributed by atoms with Crippen molar-refractivity contribution in [3.05, 3.63) is 0 Å². The van der Waals surface area contributed by atoms with Gasteiger partial charge in [0.15, 0.2) is 0 Å². The molecule has 13 heavy (non-hydrogen) atoms. The first-order chi connectivity index (χ1) is 6.07. The molecule has 0 rings (SSSR count). The summed E-state index contributed by atoms with van der Waals surface area (Å²) in [5, 5.41) is 0. The van der Waals surface area contributed by atoms with Crippen molar-refractivity contribution < 1.29 is 9.53 Å². The molecule has 0 amide bonds. The number of carbonyl (C=O) groups is 1. The number of esters is 1. The van der Waals surface area contributed by atoms with Gasteiger partial charge in [-0.25, -0.2) is 0 Å². The number of ether oxygens (including phenoxy) is 1. The molecule has 0 saturated heterocycles. The first-order valence-electron chi connectivity index (χ1n) is 4.89. The highest BCUT2D eigenvalue weighted by molar-refractivity contribution is 5.72. The van der Waals surface area contributed by atoms with Crippen molar-refractivity contribution in [3.8, 4) is 0 Å². The maximum Gasteiger partial charge on any atom is 0.309 e. The molecule has 0 aromatic carbocycles. The van der Waals surface area contributed by atoms with Gasteiger partial charge < -0.3 is 9.64 Å². The fourth-order valence-electron chi connectivity index (χ4n) is 1.08. The zero-order valence-electron chi connectivity index (χ0n) is 9.17. The molecular formula is C10H21NO2. The monoisotopic (exact) mass is 187 g/mol. The van der Waals surface area contributed by atoms with E-state index in [0.29, 0.717) is 6.61 Å². The van der Waals surface area contributed by atoms with Crippen LogP contribution in [0.2, 0.25) is 0 Å². The largest absolute Gasteiger partial charge is 0.465 e. The van der Waals surface area contributed by atoms with Crippen LogP contribution in [-0.4, -0.2) is 38.1 Å². The lowest BCUT2D eigenvalue weighted by Crippen LogP contribution is -2.27. The fraction of sp³-hybridized carbons (Fsp3) is 0.900. The summed E-state index contributed by atoms with van der Waals surface area (Å²) in [6.45, 7) is 5.30. The normalized spacial score (nSPS) is 13.0. The van der Waals surface area contributed by atoms with Crippen molar-refractivity contribution in [2.45, 2.75) is 26.7 Å². The van der Waals surface area contributed by atoms with Crippen LogP contribution in [0.25, 0.3) is 0 Å². The number of carbonyl (C=O) groups excluding carboxylic acids is 1. The summed E-state index contributed by atoms with van der Waals surface area (Å²) in [7, 11) is 3.91. The third-order valence-corrected chi connectivity index (χ3v) is 1.78. The van der Waals surface area contributed by atoms with E-state index in [-0.39, 0.29) is 11.9 Å². The Kier molecular flexibility index (Phi) is 6.59. The minimum absolute atomic E-state index is 0.0214. The van der Waals surface area contributed by atoms with Crippen LogP contribution in [0, 0.1) is 5.92 Å². The lowest BCUT2D eigenvalue weighted by Gasteiger charge is -2.15. The number of nitrogens with zero attached hydrogens (tertiary/aromatic N) is 1. The van der Waals surface area contributed by atoms with Crippen LogP contribution in [-0.2, 0) is 9.53 Å². The van der Waals surface area contributed by atoms with Gasteiger partial charge in [0.25, 0.3) is 0 Å². The summed E-state index contributed by atoms with van der Waals surface area (Å²) in [6, 6.07) is 0. The minimum atomic E-state index is -0.0813. The van der Waals surface area contributed by atoms with Gasteiger partial charge in [-0.05, 0) is 20.5 Å². The van der Waals surface area contributed by atoms with Crippen molar-refractivity contribution in [1.29, 1.82) is 0 Å². The van der Waals surface area contributed by atoms with E-state index in [1.54, 1.807) is 0 Å². The topological polar surface area (TPSA) is 29.5 Å². The first-order valence-corrected chi connectivity index (χ1v) is 4.89. The first kappa shape index (κ1) is 12.4. The van der Waals surface area contributed by atoms with E-state index in [1.807, 2.05) is 25.9 Å². The Morgan fingerprint density at radius 1 is 1.46 bits per heavy atom. The lowest BCUT2D eigenvalue weighted by molar-refractivity contribution is -0.148. The molecule has 0 aromatic rings. The summed E-state index contributed by atoms with van der Waals surface area (Å²) < 4.78 is 5.08. The van der Waals surface area contributed by atoms with Gasteiger partial charge in [0.2, 0.25) is 0 Å². The van der Waals surface area contributed by atoms with Gasteiger partial charge in [-0.3, -0.25) is 4.79 Å². The Morgan fingerprint density at radius 3 is 2.54 bits per heavy atom. The van der Waals surface area contributed by atoms with Gasteiger partial charge >= 0.3 is 5.97 Å². The summed E-state index contributed by atoms with van der Waals surface area (Å²) in [4.78, 5) is 13.3. The molecule has 0 aliphatic heterocycles. The van der Waals surface area contributed by atoms with Crippen LogP contribution in [0.5, 0.6) is 0 Å². The van der Waals surface area contributed by atoms with Crippen molar-refractivity contribution in [2.75, 3.05) is 27.2 Å². The minimum Gasteiger partial charge on any atom is -0.465 e. The van der Waals surface area contributed by atoms with E-state index in [4.69, 9.17) is 4.74 Å². The van der Waals surface area contributed by atoms with Crippen LogP contribution in [0.3, 0.4) is 0 Å². The number of hydrogen-bond acceptors (Lipinski definition) is 3. The standard InChI is InChI=1S/C10H21NO2/c1-5-6-7-13-10(12)9(2)8-11(3)4/h9H,5-8H2,1-4H3/t9-/m1/s1. The van der Waals surface area contributed by atoms with Gasteiger partial charge in [-0.15, -0.1) is 0 Å². The van der Waals surface area contributed by atoms with Gasteiger partial charge in [-0.1, -0.05) is 20.3 Å². The second-order valence-corrected chi connectivity index (χ2v) is 3.68. The summed E-state index contributed by atoms with van der Waals surface area (Å²) in [6.07, 6.45) is 2.02. The van der Waals surface area contributed by atoms with Crippen molar-refractivity contribution >= 4 is 5.97 Å². The zero-order chi connectivity index (χ0) is 10.3. The number of rotatable bonds is 6. The van der Waals surface area contributed by atoms with Crippen LogP contribution >= 0.6 is 0 Å². The van der Waals surface area contributed by atoms with Crippen LogP contribution in [0.15, 0.2) is 0 Å². The highest BCUT2D eigenvalue weighted by Gasteiger charge is 2.14. The Hall–Kier alpha value is -0.570. The van der Waals surface area contributed by atoms with Crippen LogP contribution in [0.4, 0.5) is 0 Å². The predicted octanol–water partition coefficient (Wildman–Crippen LogP) is 1.53. The zero-order valence-corrected chi connectivity index (χ0v) is 9.17. The maximum atomic E-state index is 11.3. The van der Waals surface area contributed by atoms with E-state index >= 15 is 0 Å². The van der Waals surface area contributed by atoms with Gasteiger partial charge in [0.1, 0.15) is 0 Å². The number of unbranched alkanes of at least 4 members (excludes halogenated alkanes) is 1. The van der Waals surface area contributed by atoms with Gasteiger partial charge in [0.05, 0.1) is 12.5 Å². The van der Waals surface area contributed by atoms with E-state index in [1.165, 1.54) is 0 Å². The van der Waals surface area contributed by atoms with Gasteiger partial charge in [0, 0.05) is 6.54 Å². The molecule has 0 radical (unpaired) electrons. The Bertz CT molecular complexity index is 146. The molecule has 0 fully saturated rings. The third-order valence-electron chi connectivity index (χ3n) is 1.78. The SMILES string of the molecule is CCCCOC(=O)[C@H](C)CN(C)C. The predicted molar refractivity (Wildman–Crippen MR) is 53.6 cm³/mol. The molecule has 3 nitrogen and oxygen atoms in total. The van der Waals surface area contributed by atoms with E-state index in [0.717, 1.165) is 19.4 Å². The molecule has 78 valence electrons. The second-order valence-electron chi connectivity index (χ2n) is 3.68. The van der Waals surface area contributed by atoms with Crippen molar-refractivity contribution in [1.82, 2.24) is 4.90 Å². The second kappa shape index (κ2) is 6.89. The molecule has 0 unspecified atom stereocenters. The molecular weight excluding hydrogens is 166 g/mol. The number of hydrogen-bond donors (Lipinski definition) is 0. The summed E-state index contributed by atoms with van der Waals surface area (Å²) in [5.41, 5.74) is 0. The lowest BCUT2D eigenvalue weighted by atomic mass is 10.2. The Balaban J connectivity index is 3.57. The molecule has 0 heterocycles. The molecule has 0 aliphatic rings. The molecule has 3 heteroatoms. The highest BCUT2D eigenvalue weighted by atomic mass is 16.5. The van der Waals surface area contributed by atoms with Crippen LogP contribution in [0.1, 0.15) is 26.7 Å². The van der Waals surface area contributed by atoms with Crippen LogP contribution < -0.4 is 0 Å². The molecule has 0 saturated carbocycles. The third kappa shape index (κ3) is 6.58. The Morgan fingerprint density at radius 2 is 2.08 bits per heavy atom. The average Bonchev–Trinajstić information content (AvgIpc) is 2.03. The molecule has 0 bridgehead atoms. The Labute approximate surface area is 81.1 Å². The molecule has 1 atom stereocenters. The molecule has 0 aliphatic carbocycles.